The Labute approximate surface area is 124 Å². The van der Waals surface area contributed by atoms with Crippen molar-refractivity contribution < 1.29 is 4.79 Å². The SMILES string of the molecule is Cc1cccc([C@@H](C)NC(=O)c2cccc(CCl)c2)c1. The van der Waals surface area contributed by atoms with Crippen LogP contribution in [0.3, 0.4) is 0 Å². The molecule has 2 rings (SSSR count). The molecular weight excluding hydrogens is 270 g/mol. The van der Waals surface area contributed by atoms with Gasteiger partial charge in [0.1, 0.15) is 0 Å². The molecule has 0 fully saturated rings. The van der Waals surface area contributed by atoms with E-state index in [2.05, 4.69) is 11.4 Å². The van der Waals surface area contributed by atoms with E-state index in [9.17, 15) is 4.79 Å². The molecule has 0 aliphatic heterocycles. The second-order valence-electron chi connectivity index (χ2n) is 4.94. The molecule has 104 valence electrons. The summed E-state index contributed by atoms with van der Waals surface area (Å²) in [4.78, 5) is 12.2. The van der Waals surface area contributed by atoms with Crippen LogP contribution in [-0.2, 0) is 5.88 Å². The van der Waals surface area contributed by atoms with Crippen LogP contribution in [0.5, 0.6) is 0 Å². The summed E-state index contributed by atoms with van der Waals surface area (Å²) < 4.78 is 0. The lowest BCUT2D eigenvalue weighted by Gasteiger charge is -2.15. The largest absolute Gasteiger partial charge is 0.346 e. The van der Waals surface area contributed by atoms with Gasteiger partial charge in [0.05, 0.1) is 6.04 Å². The predicted octanol–water partition coefficient (Wildman–Crippen LogP) is 4.22. The van der Waals surface area contributed by atoms with Crippen molar-refractivity contribution in [1.29, 1.82) is 0 Å². The van der Waals surface area contributed by atoms with Gasteiger partial charge in [0.15, 0.2) is 0 Å². The van der Waals surface area contributed by atoms with Gasteiger partial charge in [0.2, 0.25) is 0 Å². The number of alkyl halides is 1. The van der Waals surface area contributed by atoms with Gasteiger partial charge in [0.25, 0.3) is 5.91 Å². The van der Waals surface area contributed by atoms with Gasteiger partial charge >= 0.3 is 0 Å². The Balaban J connectivity index is 2.10. The minimum Gasteiger partial charge on any atom is -0.346 e. The first-order valence-corrected chi connectivity index (χ1v) is 7.16. The molecule has 0 bridgehead atoms. The van der Waals surface area contributed by atoms with Gasteiger partial charge < -0.3 is 5.32 Å². The maximum absolute atomic E-state index is 12.2. The van der Waals surface area contributed by atoms with Gasteiger partial charge in [0, 0.05) is 11.4 Å². The normalized spacial score (nSPS) is 11.9. The fraction of sp³-hybridized carbons (Fsp3) is 0.235. The number of rotatable bonds is 4. The molecule has 0 saturated heterocycles. The van der Waals surface area contributed by atoms with E-state index >= 15 is 0 Å². The molecule has 0 radical (unpaired) electrons. The van der Waals surface area contributed by atoms with Crippen LogP contribution in [0.1, 0.15) is 40.0 Å². The second kappa shape index (κ2) is 6.58. The van der Waals surface area contributed by atoms with Gasteiger partial charge in [-0.25, -0.2) is 0 Å². The summed E-state index contributed by atoms with van der Waals surface area (Å²) in [6.45, 7) is 4.03. The average Bonchev–Trinajstić information content (AvgIpc) is 2.47. The number of hydrogen-bond acceptors (Lipinski definition) is 1. The van der Waals surface area contributed by atoms with E-state index in [1.165, 1.54) is 5.56 Å². The molecule has 0 aliphatic carbocycles. The summed E-state index contributed by atoms with van der Waals surface area (Å²) >= 11 is 5.79. The number of halogens is 1. The molecule has 0 heterocycles. The first-order valence-electron chi connectivity index (χ1n) is 6.62. The lowest BCUT2D eigenvalue weighted by atomic mass is 10.0. The standard InChI is InChI=1S/C17H18ClNO/c1-12-5-3-7-15(9-12)13(2)19-17(20)16-8-4-6-14(10-16)11-18/h3-10,13H,11H2,1-2H3,(H,19,20)/t13-/m1/s1. The highest BCUT2D eigenvalue weighted by molar-refractivity contribution is 6.17. The molecule has 0 spiro atoms. The van der Waals surface area contributed by atoms with Crippen molar-refractivity contribution >= 4 is 17.5 Å². The number of benzene rings is 2. The Kier molecular flexibility index (Phi) is 4.80. The molecule has 1 amide bonds. The lowest BCUT2D eigenvalue weighted by Crippen LogP contribution is -2.26. The van der Waals surface area contributed by atoms with Crippen molar-refractivity contribution in [1.82, 2.24) is 5.32 Å². The number of aryl methyl sites for hydroxylation is 1. The average molecular weight is 288 g/mol. The van der Waals surface area contributed by atoms with E-state index in [-0.39, 0.29) is 11.9 Å². The number of carbonyl (C=O) groups excluding carboxylic acids is 1. The van der Waals surface area contributed by atoms with Crippen LogP contribution in [0.25, 0.3) is 0 Å². The Morgan fingerprint density at radius 2 is 1.95 bits per heavy atom. The predicted molar refractivity (Wildman–Crippen MR) is 83.1 cm³/mol. The van der Waals surface area contributed by atoms with Crippen molar-refractivity contribution in [2.75, 3.05) is 0 Å². The highest BCUT2D eigenvalue weighted by Crippen LogP contribution is 2.15. The fourth-order valence-electron chi connectivity index (χ4n) is 2.10. The number of amides is 1. The van der Waals surface area contributed by atoms with Crippen molar-refractivity contribution in [3.8, 4) is 0 Å². The van der Waals surface area contributed by atoms with Crippen molar-refractivity contribution in [3.63, 3.8) is 0 Å². The zero-order valence-electron chi connectivity index (χ0n) is 11.7. The fourth-order valence-corrected chi connectivity index (χ4v) is 2.26. The van der Waals surface area contributed by atoms with E-state index in [0.29, 0.717) is 11.4 Å². The highest BCUT2D eigenvalue weighted by Gasteiger charge is 2.11. The smallest absolute Gasteiger partial charge is 0.251 e. The molecule has 20 heavy (non-hydrogen) atoms. The van der Waals surface area contributed by atoms with Gasteiger partial charge in [-0.3, -0.25) is 4.79 Å². The third-order valence-electron chi connectivity index (χ3n) is 3.23. The van der Waals surface area contributed by atoms with Gasteiger partial charge in [-0.2, -0.15) is 0 Å². The Bertz CT molecular complexity index is 609. The van der Waals surface area contributed by atoms with Crippen molar-refractivity contribution in [2.24, 2.45) is 0 Å². The first-order chi connectivity index (χ1) is 9.60. The topological polar surface area (TPSA) is 29.1 Å². The molecule has 1 N–H and O–H groups in total. The number of carbonyl (C=O) groups is 1. The molecule has 3 heteroatoms. The van der Waals surface area contributed by atoms with E-state index in [0.717, 1.165) is 11.1 Å². The van der Waals surface area contributed by atoms with Crippen LogP contribution in [0, 0.1) is 6.92 Å². The van der Waals surface area contributed by atoms with Gasteiger partial charge in [-0.05, 0) is 37.1 Å². The molecule has 2 aromatic rings. The molecule has 0 aliphatic rings. The lowest BCUT2D eigenvalue weighted by molar-refractivity contribution is 0.0940. The second-order valence-corrected chi connectivity index (χ2v) is 5.21. The van der Waals surface area contributed by atoms with Crippen LogP contribution >= 0.6 is 11.6 Å². The summed E-state index contributed by atoms with van der Waals surface area (Å²) in [5.41, 5.74) is 3.88. The molecule has 0 unspecified atom stereocenters. The number of hydrogen-bond donors (Lipinski definition) is 1. The summed E-state index contributed by atoms with van der Waals surface area (Å²) in [5, 5.41) is 3.01. The number of nitrogens with one attached hydrogen (secondary N) is 1. The van der Waals surface area contributed by atoms with Crippen LogP contribution < -0.4 is 5.32 Å². The summed E-state index contributed by atoms with van der Waals surface area (Å²) in [5.74, 6) is 0.333. The van der Waals surface area contributed by atoms with Crippen LogP contribution in [0.15, 0.2) is 48.5 Å². The van der Waals surface area contributed by atoms with E-state index < -0.39 is 0 Å². The molecular formula is C17H18ClNO. The zero-order chi connectivity index (χ0) is 14.5. The first kappa shape index (κ1) is 14.6. The van der Waals surface area contributed by atoms with Crippen molar-refractivity contribution in [3.05, 3.63) is 70.8 Å². The van der Waals surface area contributed by atoms with Crippen LogP contribution in [0.4, 0.5) is 0 Å². The van der Waals surface area contributed by atoms with E-state index in [4.69, 9.17) is 11.6 Å². The van der Waals surface area contributed by atoms with E-state index in [1.54, 1.807) is 6.07 Å². The quantitative estimate of drug-likeness (QED) is 0.838. The summed E-state index contributed by atoms with van der Waals surface area (Å²) in [6.07, 6.45) is 0. The van der Waals surface area contributed by atoms with E-state index in [1.807, 2.05) is 50.2 Å². The molecule has 2 nitrogen and oxygen atoms in total. The zero-order valence-corrected chi connectivity index (χ0v) is 12.4. The van der Waals surface area contributed by atoms with Gasteiger partial charge in [-0.15, -0.1) is 11.6 Å². The summed E-state index contributed by atoms with van der Waals surface area (Å²) in [6, 6.07) is 15.5. The monoisotopic (exact) mass is 287 g/mol. The maximum Gasteiger partial charge on any atom is 0.251 e. The maximum atomic E-state index is 12.2. The van der Waals surface area contributed by atoms with Crippen LogP contribution in [-0.4, -0.2) is 5.91 Å². The third-order valence-corrected chi connectivity index (χ3v) is 3.54. The Morgan fingerprint density at radius 1 is 1.20 bits per heavy atom. The van der Waals surface area contributed by atoms with Crippen molar-refractivity contribution in [2.45, 2.75) is 25.8 Å². The molecule has 2 aromatic carbocycles. The highest BCUT2D eigenvalue weighted by atomic mass is 35.5. The Hall–Kier alpha value is -1.80. The third kappa shape index (κ3) is 3.61. The van der Waals surface area contributed by atoms with Gasteiger partial charge in [-0.1, -0.05) is 42.0 Å². The molecule has 1 atom stereocenters. The minimum atomic E-state index is -0.0778. The van der Waals surface area contributed by atoms with Crippen LogP contribution in [0.2, 0.25) is 0 Å². The molecule has 0 aromatic heterocycles. The Morgan fingerprint density at radius 3 is 2.65 bits per heavy atom. The minimum absolute atomic E-state index is 0.0259. The molecule has 0 saturated carbocycles. The summed E-state index contributed by atoms with van der Waals surface area (Å²) in [7, 11) is 0.